The minimum absolute atomic E-state index is 0.181. The zero-order valence-corrected chi connectivity index (χ0v) is 13.1. The molecule has 0 spiro atoms. The fourth-order valence-corrected chi connectivity index (χ4v) is 2.15. The number of hydrogen-bond donors (Lipinski definition) is 3. The summed E-state index contributed by atoms with van der Waals surface area (Å²) >= 11 is 5.83. The molecule has 0 bridgehead atoms. The predicted octanol–water partition coefficient (Wildman–Crippen LogP) is 3.18. The van der Waals surface area contributed by atoms with Crippen LogP contribution in [0, 0.1) is 6.92 Å². The third kappa shape index (κ3) is 4.76. The molecule has 2 aromatic carbocycles. The van der Waals surface area contributed by atoms with E-state index in [1.165, 1.54) is 5.56 Å². The monoisotopic (exact) mass is 318 g/mol. The molecule has 1 unspecified atom stereocenters. The van der Waals surface area contributed by atoms with Crippen LogP contribution in [0.25, 0.3) is 0 Å². The van der Waals surface area contributed by atoms with E-state index < -0.39 is 6.04 Å². The number of aliphatic hydroxyl groups excluding tert-OH is 1. The van der Waals surface area contributed by atoms with Crippen molar-refractivity contribution in [3.8, 4) is 0 Å². The van der Waals surface area contributed by atoms with Gasteiger partial charge in [0.15, 0.2) is 0 Å². The van der Waals surface area contributed by atoms with E-state index >= 15 is 0 Å². The van der Waals surface area contributed by atoms with Gasteiger partial charge < -0.3 is 15.7 Å². The predicted molar refractivity (Wildman–Crippen MR) is 87.8 cm³/mol. The topological polar surface area (TPSA) is 61.4 Å². The highest BCUT2D eigenvalue weighted by Crippen LogP contribution is 2.16. The van der Waals surface area contributed by atoms with Crippen LogP contribution >= 0.6 is 11.6 Å². The molecule has 2 aromatic rings. The quantitative estimate of drug-likeness (QED) is 0.793. The summed E-state index contributed by atoms with van der Waals surface area (Å²) in [6.07, 6.45) is 0. The average molecular weight is 319 g/mol. The zero-order chi connectivity index (χ0) is 15.9. The lowest BCUT2D eigenvalue weighted by Gasteiger charge is -2.17. The molecule has 0 aliphatic carbocycles. The fraction of sp³-hybridized carbons (Fsp3) is 0.235. The van der Waals surface area contributed by atoms with Crippen molar-refractivity contribution in [3.05, 3.63) is 70.2 Å². The van der Waals surface area contributed by atoms with Crippen LogP contribution in [0.5, 0.6) is 0 Å². The van der Waals surface area contributed by atoms with Crippen LogP contribution in [0.2, 0.25) is 5.02 Å². The first-order chi connectivity index (χ1) is 10.6. The van der Waals surface area contributed by atoms with Gasteiger partial charge in [0.1, 0.15) is 0 Å². The minimum atomic E-state index is -0.463. The molecule has 3 N–H and O–H groups in total. The Bertz CT molecular complexity index is 612. The Morgan fingerprint density at radius 1 is 1.14 bits per heavy atom. The maximum atomic E-state index is 11.9. The first kappa shape index (κ1) is 16.3. The Balaban J connectivity index is 1.89. The molecule has 0 aromatic heterocycles. The molecule has 0 heterocycles. The Morgan fingerprint density at radius 3 is 2.36 bits per heavy atom. The third-order valence-corrected chi connectivity index (χ3v) is 3.59. The number of halogens is 1. The maximum absolute atomic E-state index is 11.9. The summed E-state index contributed by atoms with van der Waals surface area (Å²) in [5, 5.41) is 15.6. The van der Waals surface area contributed by atoms with Crippen molar-refractivity contribution in [2.24, 2.45) is 0 Å². The minimum Gasteiger partial charge on any atom is -0.394 e. The second-order valence-electron chi connectivity index (χ2n) is 5.10. The van der Waals surface area contributed by atoms with Gasteiger partial charge in [0.05, 0.1) is 12.6 Å². The smallest absolute Gasteiger partial charge is 0.315 e. The van der Waals surface area contributed by atoms with Crippen molar-refractivity contribution in [1.29, 1.82) is 0 Å². The van der Waals surface area contributed by atoms with Crippen LogP contribution in [-0.2, 0) is 6.54 Å². The van der Waals surface area contributed by atoms with Crippen LogP contribution in [0.15, 0.2) is 48.5 Å². The normalized spacial score (nSPS) is 11.8. The number of nitrogens with one attached hydrogen (secondary N) is 2. The first-order valence-corrected chi connectivity index (χ1v) is 7.42. The molecule has 0 fully saturated rings. The molecule has 0 radical (unpaired) electrons. The largest absolute Gasteiger partial charge is 0.394 e. The summed E-state index contributed by atoms with van der Waals surface area (Å²) in [7, 11) is 0. The van der Waals surface area contributed by atoms with Crippen LogP contribution in [0.3, 0.4) is 0 Å². The van der Waals surface area contributed by atoms with Gasteiger partial charge in [0.25, 0.3) is 0 Å². The summed E-state index contributed by atoms with van der Waals surface area (Å²) < 4.78 is 0. The van der Waals surface area contributed by atoms with Crippen molar-refractivity contribution < 1.29 is 9.90 Å². The molecule has 5 heteroatoms. The van der Waals surface area contributed by atoms with Crippen molar-refractivity contribution >= 4 is 17.6 Å². The Labute approximate surface area is 135 Å². The second kappa shape index (κ2) is 7.82. The number of amides is 2. The van der Waals surface area contributed by atoms with Gasteiger partial charge in [-0.2, -0.15) is 0 Å². The Morgan fingerprint density at radius 2 is 1.77 bits per heavy atom. The molecule has 0 aliphatic heterocycles. The highest BCUT2D eigenvalue weighted by molar-refractivity contribution is 6.30. The molecule has 0 saturated carbocycles. The van der Waals surface area contributed by atoms with Gasteiger partial charge in [0.2, 0.25) is 0 Å². The molecular formula is C17H19ClN2O2. The van der Waals surface area contributed by atoms with Gasteiger partial charge in [-0.15, -0.1) is 0 Å². The van der Waals surface area contributed by atoms with Gasteiger partial charge >= 0.3 is 6.03 Å². The van der Waals surface area contributed by atoms with Crippen LogP contribution < -0.4 is 10.6 Å². The highest BCUT2D eigenvalue weighted by Gasteiger charge is 2.13. The van der Waals surface area contributed by atoms with Gasteiger partial charge in [-0.05, 0) is 30.2 Å². The lowest BCUT2D eigenvalue weighted by molar-refractivity contribution is 0.216. The van der Waals surface area contributed by atoms with Crippen LogP contribution in [0.1, 0.15) is 22.7 Å². The van der Waals surface area contributed by atoms with Crippen LogP contribution in [-0.4, -0.2) is 17.7 Å². The molecule has 4 nitrogen and oxygen atoms in total. The Hall–Kier alpha value is -2.04. The summed E-state index contributed by atoms with van der Waals surface area (Å²) in [6.45, 7) is 2.27. The summed E-state index contributed by atoms with van der Waals surface area (Å²) in [5.74, 6) is 0. The molecule has 0 aliphatic rings. The van der Waals surface area contributed by atoms with Gasteiger partial charge in [-0.3, -0.25) is 0 Å². The summed E-state index contributed by atoms with van der Waals surface area (Å²) in [5.41, 5.74) is 3.00. The maximum Gasteiger partial charge on any atom is 0.315 e. The number of rotatable bonds is 5. The van der Waals surface area contributed by atoms with Gasteiger partial charge in [-0.1, -0.05) is 53.6 Å². The number of aliphatic hydroxyl groups is 1. The number of urea groups is 1. The number of carbonyl (C=O) groups is 1. The number of aryl methyl sites for hydroxylation is 1. The standard InChI is InChI=1S/C17H19ClN2O2/c1-12-2-4-13(5-3-12)10-19-17(22)20-16(11-21)14-6-8-15(18)9-7-14/h2-9,16,21H,10-11H2,1H3,(H2,19,20,22). The average Bonchev–Trinajstić information content (AvgIpc) is 2.53. The van der Waals surface area contributed by atoms with Gasteiger partial charge in [-0.25, -0.2) is 4.79 Å². The molecular weight excluding hydrogens is 300 g/mol. The zero-order valence-electron chi connectivity index (χ0n) is 12.3. The molecule has 2 amide bonds. The number of carbonyl (C=O) groups excluding carboxylic acids is 1. The Kier molecular flexibility index (Phi) is 5.81. The lowest BCUT2D eigenvalue weighted by atomic mass is 10.1. The van der Waals surface area contributed by atoms with Gasteiger partial charge in [0, 0.05) is 11.6 Å². The van der Waals surface area contributed by atoms with Crippen molar-refractivity contribution in [2.75, 3.05) is 6.61 Å². The van der Waals surface area contributed by atoms with E-state index in [0.717, 1.165) is 11.1 Å². The second-order valence-corrected chi connectivity index (χ2v) is 5.54. The summed E-state index contributed by atoms with van der Waals surface area (Å²) in [6, 6.07) is 14.2. The molecule has 0 saturated heterocycles. The fourth-order valence-electron chi connectivity index (χ4n) is 2.03. The van der Waals surface area contributed by atoms with E-state index in [0.29, 0.717) is 11.6 Å². The van der Waals surface area contributed by atoms with E-state index in [-0.39, 0.29) is 12.6 Å². The van der Waals surface area contributed by atoms with Crippen molar-refractivity contribution in [2.45, 2.75) is 19.5 Å². The van der Waals surface area contributed by atoms with E-state index in [4.69, 9.17) is 11.6 Å². The lowest BCUT2D eigenvalue weighted by Crippen LogP contribution is -2.38. The van der Waals surface area contributed by atoms with E-state index in [9.17, 15) is 9.90 Å². The molecule has 22 heavy (non-hydrogen) atoms. The van der Waals surface area contributed by atoms with Crippen LogP contribution in [0.4, 0.5) is 4.79 Å². The summed E-state index contributed by atoms with van der Waals surface area (Å²) in [4.78, 5) is 11.9. The number of benzene rings is 2. The van der Waals surface area contributed by atoms with E-state index in [1.807, 2.05) is 31.2 Å². The van der Waals surface area contributed by atoms with Crippen molar-refractivity contribution in [1.82, 2.24) is 10.6 Å². The van der Waals surface area contributed by atoms with Crippen molar-refractivity contribution in [3.63, 3.8) is 0 Å². The highest BCUT2D eigenvalue weighted by atomic mass is 35.5. The van der Waals surface area contributed by atoms with E-state index in [1.54, 1.807) is 24.3 Å². The third-order valence-electron chi connectivity index (χ3n) is 3.33. The SMILES string of the molecule is Cc1ccc(CNC(=O)NC(CO)c2ccc(Cl)cc2)cc1. The van der Waals surface area contributed by atoms with E-state index in [2.05, 4.69) is 10.6 Å². The number of hydrogen-bond acceptors (Lipinski definition) is 2. The molecule has 116 valence electrons. The molecule has 2 rings (SSSR count). The first-order valence-electron chi connectivity index (χ1n) is 7.04. The molecule has 1 atom stereocenters.